The maximum absolute atomic E-state index is 12.6. The summed E-state index contributed by atoms with van der Waals surface area (Å²) in [5, 5.41) is 8.97. The van der Waals surface area contributed by atoms with Crippen LogP contribution in [0.15, 0.2) is 65.8 Å². The average Bonchev–Trinajstić information content (AvgIpc) is 2.86. The number of thioether (sulfide) groups is 1. The molecule has 2 heterocycles. The highest BCUT2D eigenvalue weighted by atomic mass is 32.2. The second-order valence-electron chi connectivity index (χ2n) is 6.14. The van der Waals surface area contributed by atoms with Crippen LogP contribution in [-0.2, 0) is 4.79 Å². The van der Waals surface area contributed by atoms with Crippen LogP contribution < -0.4 is 9.64 Å². The van der Waals surface area contributed by atoms with Crippen LogP contribution in [0, 0.1) is 0 Å². The van der Waals surface area contributed by atoms with Crippen molar-refractivity contribution >= 4 is 29.4 Å². The number of para-hydroxylation sites is 1. The molecule has 7 heteroatoms. The zero-order chi connectivity index (χ0) is 19.5. The highest BCUT2D eigenvalue weighted by Gasteiger charge is 2.31. The third kappa shape index (κ3) is 3.48. The van der Waals surface area contributed by atoms with Gasteiger partial charge in [0.05, 0.1) is 5.69 Å². The van der Waals surface area contributed by atoms with E-state index in [4.69, 9.17) is 4.74 Å². The van der Waals surface area contributed by atoms with Gasteiger partial charge in [-0.3, -0.25) is 9.69 Å². The Kier molecular flexibility index (Phi) is 5.08. The zero-order valence-electron chi connectivity index (χ0n) is 15.4. The monoisotopic (exact) mass is 390 g/mol. The summed E-state index contributed by atoms with van der Waals surface area (Å²) in [5.74, 6) is 0.222. The Balaban J connectivity index is 1.86. The minimum absolute atomic E-state index is 0.138. The van der Waals surface area contributed by atoms with Crippen molar-refractivity contribution in [2.45, 2.75) is 18.3 Å². The number of aromatic nitrogens is 3. The Labute approximate surface area is 167 Å². The van der Waals surface area contributed by atoms with Gasteiger partial charge in [-0.1, -0.05) is 66.4 Å². The first-order valence-electron chi connectivity index (χ1n) is 8.75. The van der Waals surface area contributed by atoms with Gasteiger partial charge in [0.1, 0.15) is 0 Å². The first-order chi connectivity index (χ1) is 13.7. The molecule has 3 aromatic rings. The lowest BCUT2D eigenvalue weighted by Gasteiger charge is -2.27. The first kappa shape index (κ1) is 18.2. The van der Waals surface area contributed by atoms with Gasteiger partial charge in [0, 0.05) is 12.5 Å². The van der Waals surface area contributed by atoms with Gasteiger partial charge in [-0.25, -0.2) is 0 Å². The van der Waals surface area contributed by atoms with Crippen molar-refractivity contribution in [3.8, 4) is 17.1 Å². The van der Waals surface area contributed by atoms with Gasteiger partial charge in [0.25, 0.3) is 0 Å². The first-order valence-corrected chi connectivity index (χ1v) is 9.97. The van der Waals surface area contributed by atoms with Crippen LogP contribution in [-0.4, -0.2) is 33.6 Å². The molecule has 0 saturated carbocycles. The second kappa shape index (κ2) is 7.82. The summed E-state index contributed by atoms with van der Waals surface area (Å²) in [6.45, 7) is 1.52. The van der Waals surface area contributed by atoms with Crippen LogP contribution in [0.1, 0.15) is 12.5 Å². The molecule has 6 nitrogen and oxygen atoms in total. The molecule has 1 amide bonds. The number of fused-ring (bicyclic) bond motifs is 3. The number of carbonyl (C=O) groups is 1. The number of nitrogens with zero attached hydrogens (tertiary/aromatic N) is 4. The molecule has 0 aliphatic carbocycles. The number of hydrogen-bond acceptors (Lipinski definition) is 6. The Morgan fingerprint density at radius 3 is 2.61 bits per heavy atom. The zero-order valence-corrected chi connectivity index (χ0v) is 16.3. The molecular formula is C21H18N4O2S. The molecule has 28 heavy (non-hydrogen) atoms. The Bertz CT molecular complexity index is 1040. The number of benzene rings is 2. The SMILES string of the molecule is CSc1nnc2c(n1)O[C@H](/C=C/c1ccccc1)N(C(C)=O)c1ccccc1-2. The molecule has 0 unspecified atom stereocenters. The number of ether oxygens (including phenoxy) is 1. The lowest BCUT2D eigenvalue weighted by atomic mass is 10.1. The van der Waals surface area contributed by atoms with Crippen molar-refractivity contribution in [1.82, 2.24) is 15.2 Å². The average molecular weight is 390 g/mol. The van der Waals surface area contributed by atoms with Gasteiger partial charge in [-0.2, -0.15) is 4.98 Å². The van der Waals surface area contributed by atoms with Gasteiger partial charge < -0.3 is 4.74 Å². The van der Waals surface area contributed by atoms with E-state index in [9.17, 15) is 4.79 Å². The van der Waals surface area contributed by atoms with Crippen LogP contribution in [0.5, 0.6) is 5.88 Å². The fourth-order valence-corrected chi connectivity index (χ4v) is 3.35. The van der Waals surface area contributed by atoms with Gasteiger partial charge in [0.15, 0.2) is 11.9 Å². The van der Waals surface area contributed by atoms with Crippen LogP contribution >= 0.6 is 11.8 Å². The summed E-state index contributed by atoms with van der Waals surface area (Å²) in [7, 11) is 0. The minimum Gasteiger partial charge on any atom is -0.448 e. The second-order valence-corrected chi connectivity index (χ2v) is 6.91. The van der Waals surface area contributed by atoms with Gasteiger partial charge in [-0.15, -0.1) is 10.2 Å². The molecule has 0 radical (unpaired) electrons. The number of anilines is 1. The number of carbonyl (C=O) groups excluding carboxylic acids is 1. The molecule has 0 fully saturated rings. The predicted molar refractivity (Wildman–Crippen MR) is 110 cm³/mol. The lowest BCUT2D eigenvalue weighted by Crippen LogP contribution is -2.41. The molecule has 0 spiro atoms. The topological polar surface area (TPSA) is 68.2 Å². The Hall–Kier alpha value is -3.19. The maximum atomic E-state index is 12.6. The van der Waals surface area contributed by atoms with E-state index in [1.54, 1.807) is 4.90 Å². The number of amides is 1. The molecule has 0 N–H and O–H groups in total. The van der Waals surface area contributed by atoms with E-state index in [2.05, 4.69) is 15.2 Å². The fourth-order valence-electron chi connectivity index (χ4n) is 3.06. The van der Waals surface area contributed by atoms with E-state index >= 15 is 0 Å². The summed E-state index contributed by atoms with van der Waals surface area (Å²) < 4.78 is 6.17. The highest BCUT2D eigenvalue weighted by molar-refractivity contribution is 7.98. The Morgan fingerprint density at radius 2 is 1.86 bits per heavy atom. The van der Waals surface area contributed by atoms with E-state index in [-0.39, 0.29) is 5.91 Å². The summed E-state index contributed by atoms with van der Waals surface area (Å²) in [4.78, 5) is 18.7. The highest BCUT2D eigenvalue weighted by Crippen LogP contribution is 2.39. The van der Waals surface area contributed by atoms with Crippen LogP contribution in [0.3, 0.4) is 0 Å². The third-order valence-electron chi connectivity index (χ3n) is 4.32. The normalized spacial score (nSPS) is 15.5. The molecule has 1 aliphatic heterocycles. The third-order valence-corrected chi connectivity index (χ3v) is 4.85. The Morgan fingerprint density at radius 1 is 1.11 bits per heavy atom. The summed E-state index contributed by atoms with van der Waals surface area (Å²) in [5.41, 5.74) is 3.01. The molecule has 0 bridgehead atoms. The molecular weight excluding hydrogens is 372 g/mol. The molecule has 1 aromatic heterocycles. The molecule has 1 aliphatic rings. The van der Waals surface area contributed by atoms with Crippen LogP contribution in [0.4, 0.5) is 5.69 Å². The van der Waals surface area contributed by atoms with Crippen molar-refractivity contribution in [1.29, 1.82) is 0 Å². The van der Waals surface area contributed by atoms with Gasteiger partial charge in [-0.05, 0) is 24.0 Å². The van der Waals surface area contributed by atoms with Crippen molar-refractivity contribution in [2.24, 2.45) is 0 Å². The largest absolute Gasteiger partial charge is 0.448 e. The van der Waals surface area contributed by atoms with Gasteiger partial charge >= 0.3 is 0 Å². The van der Waals surface area contributed by atoms with Crippen LogP contribution in [0.2, 0.25) is 0 Å². The van der Waals surface area contributed by atoms with Gasteiger partial charge in [0.2, 0.25) is 16.9 Å². The van der Waals surface area contributed by atoms with E-state index in [0.717, 1.165) is 11.1 Å². The maximum Gasteiger partial charge on any atom is 0.247 e. The van der Waals surface area contributed by atoms with Crippen molar-refractivity contribution in [3.05, 3.63) is 66.2 Å². The standard InChI is InChI=1S/C21H18N4O2S/c1-14(26)25-17-11-7-6-10-16(17)19-20(22-21(28-2)24-23-19)27-18(25)13-12-15-8-4-3-5-9-15/h3-13,18H,1-2H3/b13-12+/t18-/m1/s1. The molecule has 0 saturated heterocycles. The lowest BCUT2D eigenvalue weighted by molar-refractivity contribution is -0.117. The minimum atomic E-state index is -0.661. The predicted octanol–water partition coefficient (Wildman–Crippen LogP) is 4.05. The molecule has 140 valence electrons. The van der Waals surface area contributed by atoms with E-state index < -0.39 is 6.23 Å². The van der Waals surface area contributed by atoms with Crippen molar-refractivity contribution < 1.29 is 9.53 Å². The summed E-state index contributed by atoms with van der Waals surface area (Å²) in [6, 6.07) is 17.4. The molecule has 2 aromatic carbocycles. The van der Waals surface area contributed by atoms with E-state index in [0.29, 0.717) is 22.4 Å². The van der Waals surface area contributed by atoms with Crippen LogP contribution in [0.25, 0.3) is 17.3 Å². The number of hydrogen-bond donors (Lipinski definition) is 0. The van der Waals surface area contributed by atoms with Crippen molar-refractivity contribution in [3.63, 3.8) is 0 Å². The van der Waals surface area contributed by atoms with E-state index in [1.807, 2.05) is 73.0 Å². The number of rotatable bonds is 3. The summed E-state index contributed by atoms with van der Waals surface area (Å²) >= 11 is 1.38. The van der Waals surface area contributed by atoms with Crippen molar-refractivity contribution in [2.75, 3.05) is 11.2 Å². The quantitative estimate of drug-likeness (QED) is 0.629. The smallest absolute Gasteiger partial charge is 0.247 e. The van der Waals surface area contributed by atoms with E-state index in [1.165, 1.54) is 18.7 Å². The fraction of sp³-hybridized carbons (Fsp3) is 0.143. The summed E-state index contributed by atoms with van der Waals surface area (Å²) in [6.07, 6.45) is 5.00. The molecule has 4 rings (SSSR count). The molecule has 1 atom stereocenters.